The highest BCUT2D eigenvalue weighted by Crippen LogP contribution is 2.35. The Morgan fingerprint density at radius 1 is 1.58 bits per heavy atom. The van der Waals surface area contributed by atoms with Crippen molar-refractivity contribution in [2.24, 2.45) is 0 Å². The zero-order valence-electron chi connectivity index (χ0n) is 7.36. The SMILES string of the molecule is CNC(C)c1nnnn1C1CC1. The summed E-state index contributed by atoms with van der Waals surface area (Å²) >= 11 is 0. The van der Waals surface area contributed by atoms with Gasteiger partial charge in [-0.05, 0) is 37.2 Å². The first kappa shape index (κ1) is 7.67. The second kappa shape index (κ2) is 2.82. The minimum Gasteiger partial charge on any atom is -0.311 e. The van der Waals surface area contributed by atoms with E-state index in [9.17, 15) is 0 Å². The van der Waals surface area contributed by atoms with Crippen LogP contribution in [0.2, 0.25) is 0 Å². The second-order valence-electron chi connectivity index (χ2n) is 3.22. The summed E-state index contributed by atoms with van der Waals surface area (Å²) in [7, 11) is 1.91. The van der Waals surface area contributed by atoms with Gasteiger partial charge >= 0.3 is 0 Å². The number of hydrogen-bond donors (Lipinski definition) is 1. The van der Waals surface area contributed by atoms with Crippen LogP contribution in [0.4, 0.5) is 0 Å². The van der Waals surface area contributed by atoms with Gasteiger partial charge in [0.2, 0.25) is 0 Å². The van der Waals surface area contributed by atoms with Crippen molar-refractivity contribution in [2.45, 2.75) is 31.8 Å². The first-order valence-corrected chi connectivity index (χ1v) is 4.28. The highest BCUT2D eigenvalue weighted by Gasteiger charge is 2.28. The van der Waals surface area contributed by atoms with Crippen LogP contribution in [0.25, 0.3) is 0 Å². The van der Waals surface area contributed by atoms with E-state index in [0.29, 0.717) is 6.04 Å². The topological polar surface area (TPSA) is 55.6 Å². The van der Waals surface area contributed by atoms with E-state index in [1.165, 1.54) is 12.8 Å². The van der Waals surface area contributed by atoms with Gasteiger partial charge in [0.15, 0.2) is 5.82 Å². The number of nitrogens with one attached hydrogen (secondary N) is 1. The molecule has 1 atom stereocenters. The maximum absolute atomic E-state index is 3.99. The van der Waals surface area contributed by atoms with Crippen LogP contribution in [-0.2, 0) is 0 Å². The number of nitrogens with zero attached hydrogens (tertiary/aromatic N) is 4. The molecule has 1 aliphatic rings. The number of tetrazole rings is 1. The standard InChI is InChI=1S/C7H13N5/c1-5(8-2)7-9-10-11-12(7)6-3-4-6/h5-6,8H,3-4H2,1-2H3. The molecule has 1 aromatic heterocycles. The van der Waals surface area contributed by atoms with Gasteiger partial charge in [-0.15, -0.1) is 5.10 Å². The van der Waals surface area contributed by atoms with Crippen molar-refractivity contribution in [2.75, 3.05) is 7.05 Å². The number of rotatable bonds is 3. The lowest BCUT2D eigenvalue weighted by atomic mass is 10.3. The van der Waals surface area contributed by atoms with E-state index in [2.05, 4.69) is 27.8 Å². The monoisotopic (exact) mass is 167 g/mol. The molecule has 1 unspecified atom stereocenters. The van der Waals surface area contributed by atoms with Crippen LogP contribution in [0.5, 0.6) is 0 Å². The lowest BCUT2D eigenvalue weighted by Crippen LogP contribution is -2.18. The van der Waals surface area contributed by atoms with Gasteiger partial charge in [-0.1, -0.05) is 0 Å². The van der Waals surface area contributed by atoms with Gasteiger partial charge in [0.1, 0.15) is 0 Å². The van der Waals surface area contributed by atoms with Crippen molar-refractivity contribution < 1.29 is 0 Å². The lowest BCUT2D eigenvalue weighted by molar-refractivity contribution is 0.520. The summed E-state index contributed by atoms with van der Waals surface area (Å²) in [6.07, 6.45) is 2.43. The molecule has 0 aromatic carbocycles. The summed E-state index contributed by atoms with van der Waals surface area (Å²) < 4.78 is 1.93. The minimum absolute atomic E-state index is 0.237. The van der Waals surface area contributed by atoms with Crippen LogP contribution in [-0.4, -0.2) is 27.3 Å². The molecule has 12 heavy (non-hydrogen) atoms. The quantitative estimate of drug-likeness (QED) is 0.703. The van der Waals surface area contributed by atoms with Gasteiger partial charge in [0, 0.05) is 0 Å². The maximum atomic E-state index is 3.99. The normalized spacial score (nSPS) is 19.5. The van der Waals surface area contributed by atoms with Gasteiger partial charge in [-0.2, -0.15) is 0 Å². The summed E-state index contributed by atoms with van der Waals surface area (Å²) in [4.78, 5) is 0. The van der Waals surface area contributed by atoms with E-state index >= 15 is 0 Å². The number of hydrogen-bond acceptors (Lipinski definition) is 4. The molecule has 1 saturated carbocycles. The molecule has 0 bridgehead atoms. The molecule has 0 amide bonds. The molecule has 0 aliphatic heterocycles. The Morgan fingerprint density at radius 2 is 2.33 bits per heavy atom. The van der Waals surface area contributed by atoms with Crippen molar-refractivity contribution in [1.82, 2.24) is 25.5 Å². The predicted octanol–water partition coefficient (Wildman–Crippen LogP) is 0.288. The Bertz CT molecular complexity index is 265. The maximum Gasteiger partial charge on any atom is 0.168 e. The second-order valence-corrected chi connectivity index (χ2v) is 3.22. The molecule has 1 heterocycles. The van der Waals surface area contributed by atoms with Crippen LogP contribution in [0.15, 0.2) is 0 Å². The Balaban J connectivity index is 2.23. The summed E-state index contributed by atoms with van der Waals surface area (Å²) in [5, 5.41) is 14.8. The van der Waals surface area contributed by atoms with Gasteiger partial charge in [-0.3, -0.25) is 0 Å². The highest BCUT2D eigenvalue weighted by molar-refractivity contribution is 4.94. The van der Waals surface area contributed by atoms with E-state index in [0.717, 1.165) is 5.82 Å². The molecule has 1 aromatic rings. The molecule has 1 N–H and O–H groups in total. The lowest BCUT2D eigenvalue weighted by Gasteiger charge is -2.08. The van der Waals surface area contributed by atoms with Gasteiger partial charge in [0.25, 0.3) is 0 Å². The van der Waals surface area contributed by atoms with E-state index in [1.54, 1.807) is 0 Å². The molecular formula is C7H13N5. The Labute approximate surface area is 71.1 Å². The molecular weight excluding hydrogens is 154 g/mol. The molecule has 5 nitrogen and oxygen atoms in total. The van der Waals surface area contributed by atoms with Gasteiger partial charge in [-0.25, -0.2) is 4.68 Å². The first-order valence-electron chi connectivity index (χ1n) is 4.28. The Hall–Kier alpha value is -0.970. The average Bonchev–Trinajstić information content (AvgIpc) is 2.83. The zero-order valence-corrected chi connectivity index (χ0v) is 7.36. The van der Waals surface area contributed by atoms with Crippen molar-refractivity contribution in [3.63, 3.8) is 0 Å². The zero-order chi connectivity index (χ0) is 8.55. The molecule has 0 saturated heterocycles. The summed E-state index contributed by atoms with van der Waals surface area (Å²) in [6, 6.07) is 0.798. The average molecular weight is 167 g/mol. The highest BCUT2D eigenvalue weighted by atomic mass is 15.6. The van der Waals surface area contributed by atoms with E-state index in [-0.39, 0.29) is 6.04 Å². The van der Waals surface area contributed by atoms with Gasteiger partial charge in [0.05, 0.1) is 12.1 Å². The predicted molar refractivity (Wildman–Crippen MR) is 43.6 cm³/mol. The minimum atomic E-state index is 0.237. The third-order valence-electron chi connectivity index (χ3n) is 2.23. The molecule has 5 heteroatoms. The summed E-state index contributed by atoms with van der Waals surface area (Å²) in [5.74, 6) is 0.944. The van der Waals surface area contributed by atoms with E-state index < -0.39 is 0 Å². The van der Waals surface area contributed by atoms with Crippen molar-refractivity contribution >= 4 is 0 Å². The fourth-order valence-electron chi connectivity index (χ4n) is 1.19. The van der Waals surface area contributed by atoms with Crippen molar-refractivity contribution in [3.8, 4) is 0 Å². The molecule has 0 radical (unpaired) electrons. The van der Waals surface area contributed by atoms with Gasteiger partial charge < -0.3 is 5.32 Å². The van der Waals surface area contributed by atoms with E-state index in [4.69, 9.17) is 0 Å². The molecule has 1 aliphatic carbocycles. The third kappa shape index (κ3) is 1.20. The Morgan fingerprint density at radius 3 is 2.92 bits per heavy atom. The Kier molecular flexibility index (Phi) is 1.80. The van der Waals surface area contributed by atoms with Crippen molar-refractivity contribution in [1.29, 1.82) is 0 Å². The molecule has 1 fully saturated rings. The third-order valence-corrected chi connectivity index (χ3v) is 2.23. The molecule has 2 rings (SSSR count). The smallest absolute Gasteiger partial charge is 0.168 e. The molecule has 66 valence electrons. The largest absolute Gasteiger partial charge is 0.311 e. The summed E-state index contributed by atoms with van der Waals surface area (Å²) in [6.45, 7) is 2.06. The van der Waals surface area contributed by atoms with Crippen LogP contribution in [0.1, 0.15) is 37.7 Å². The van der Waals surface area contributed by atoms with Crippen LogP contribution < -0.4 is 5.32 Å². The number of aromatic nitrogens is 4. The molecule has 0 spiro atoms. The van der Waals surface area contributed by atoms with Crippen LogP contribution >= 0.6 is 0 Å². The fourth-order valence-corrected chi connectivity index (χ4v) is 1.19. The van der Waals surface area contributed by atoms with Crippen LogP contribution in [0, 0.1) is 0 Å². The van der Waals surface area contributed by atoms with Crippen molar-refractivity contribution in [3.05, 3.63) is 5.82 Å². The van der Waals surface area contributed by atoms with Crippen LogP contribution in [0.3, 0.4) is 0 Å². The fraction of sp³-hybridized carbons (Fsp3) is 0.857. The van der Waals surface area contributed by atoms with E-state index in [1.807, 2.05) is 11.7 Å². The first-order chi connectivity index (χ1) is 5.83. The summed E-state index contributed by atoms with van der Waals surface area (Å²) in [5.41, 5.74) is 0.